The molecule has 2 atom stereocenters. The van der Waals surface area contributed by atoms with Crippen molar-refractivity contribution in [3.05, 3.63) is 0 Å². The first-order valence-corrected chi connectivity index (χ1v) is 8.02. The van der Waals surface area contributed by atoms with Crippen molar-refractivity contribution in [3.63, 3.8) is 0 Å². The van der Waals surface area contributed by atoms with Gasteiger partial charge in [0.2, 0.25) is 5.91 Å². The van der Waals surface area contributed by atoms with Crippen LogP contribution in [0.4, 0.5) is 13.2 Å². The van der Waals surface area contributed by atoms with Gasteiger partial charge in [0.15, 0.2) is 0 Å². The van der Waals surface area contributed by atoms with Crippen LogP contribution in [0.25, 0.3) is 0 Å². The summed E-state index contributed by atoms with van der Waals surface area (Å²) in [7, 11) is 0. The third kappa shape index (κ3) is 5.30. The molecule has 0 radical (unpaired) electrons. The van der Waals surface area contributed by atoms with E-state index in [4.69, 9.17) is 10.5 Å². The molecule has 0 spiro atoms. The van der Waals surface area contributed by atoms with Crippen LogP contribution in [0, 0.1) is 5.92 Å². The quantitative estimate of drug-likeness (QED) is 0.641. The molecular weight excluding hydrogens is 313 g/mol. The second-order valence-corrected chi connectivity index (χ2v) is 6.06. The van der Waals surface area contributed by atoms with E-state index in [9.17, 15) is 18.0 Å². The SMILES string of the molecule is NC(C(=O)NCC(N1CCNCC1)C(F)(F)F)C1CCOCC1. The van der Waals surface area contributed by atoms with Crippen molar-refractivity contribution in [1.82, 2.24) is 15.5 Å². The number of alkyl halides is 3. The van der Waals surface area contributed by atoms with E-state index in [2.05, 4.69) is 10.6 Å². The number of nitrogens with zero attached hydrogens (tertiary/aromatic N) is 1. The standard InChI is InChI=1S/C14H25F3N4O2/c15-14(16,17)11(21-5-3-19-4-6-21)9-20-13(22)12(18)10-1-7-23-8-2-10/h10-12,19H,1-9,18H2,(H,20,22). The molecule has 134 valence electrons. The fourth-order valence-corrected chi connectivity index (χ4v) is 3.05. The number of piperazine rings is 1. The minimum atomic E-state index is -4.38. The van der Waals surface area contributed by atoms with Crippen LogP contribution in [0.1, 0.15) is 12.8 Å². The molecule has 0 aromatic heterocycles. The molecule has 2 unspecified atom stereocenters. The Morgan fingerprint density at radius 3 is 2.48 bits per heavy atom. The van der Waals surface area contributed by atoms with Crippen LogP contribution in [-0.4, -0.2) is 75.0 Å². The maximum atomic E-state index is 13.2. The predicted molar refractivity (Wildman–Crippen MR) is 78.8 cm³/mol. The molecule has 23 heavy (non-hydrogen) atoms. The van der Waals surface area contributed by atoms with Crippen molar-refractivity contribution < 1.29 is 22.7 Å². The van der Waals surface area contributed by atoms with E-state index in [1.165, 1.54) is 4.90 Å². The topological polar surface area (TPSA) is 79.6 Å². The van der Waals surface area contributed by atoms with Gasteiger partial charge in [-0.3, -0.25) is 9.69 Å². The van der Waals surface area contributed by atoms with Gasteiger partial charge in [0.1, 0.15) is 6.04 Å². The van der Waals surface area contributed by atoms with Crippen LogP contribution in [0.15, 0.2) is 0 Å². The van der Waals surface area contributed by atoms with Crippen molar-refractivity contribution in [2.75, 3.05) is 45.9 Å². The third-order valence-corrected chi connectivity index (χ3v) is 4.52. The number of ether oxygens (including phenoxy) is 1. The Balaban J connectivity index is 1.87. The molecule has 0 aromatic rings. The van der Waals surface area contributed by atoms with E-state index in [0.717, 1.165) is 0 Å². The number of rotatable bonds is 5. The second-order valence-electron chi connectivity index (χ2n) is 6.06. The number of nitrogens with two attached hydrogens (primary N) is 1. The predicted octanol–water partition coefficient (Wildman–Crippen LogP) is -0.307. The average molecular weight is 338 g/mol. The molecule has 2 rings (SSSR count). The van der Waals surface area contributed by atoms with Crippen LogP contribution >= 0.6 is 0 Å². The number of amides is 1. The molecule has 0 aliphatic carbocycles. The first kappa shape index (κ1) is 18.4. The van der Waals surface area contributed by atoms with E-state index in [1.54, 1.807) is 0 Å². The summed E-state index contributed by atoms with van der Waals surface area (Å²) >= 11 is 0. The van der Waals surface area contributed by atoms with Crippen molar-refractivity contribution in [2.45, 2.75) is 31.1 Å². The molecule has 9 heteroatoms. The third-order valence-electron chi connectivity index (χ3n) is 4.52. The molecule has 0 saturated carbocycles. The Morgan fingerprint density at radius 2 is 1.91 bits per heavy atom. The van der Waals surface area contributed by atoms with Crippen molar-refractivity contribution in [3.8, 4) is 0 Å². The summed E-state index contributed by atoms with van der Waals surface area (Å²) in [6.07, 6.45) is -3.06. The number of hydrogen-bond acceptors (Lipinski definition) is 5. The summed E-state index contributed by atoms with van der Waals surface area (Å²) in [6.45, 7) is 2.27. The van der Waals surface area contributed by atoms with E-state index >= 15 is 0 Å². The minimum Gasteiger partial charge on any atom is -0.381 e. The molecule has 2 fully saturated rings. The number of nitrogens with one attached hydrogen (secondary N) is 2. The van der Waals surface area contributed by atoms with Gasteiger partial charge in [-0.15, -0.1) is 0 Å². The van der Waals surface area contributed by atoms with Crippen LogP contribution < -0.4 is 16.4 Å². The highest BCUT2D eigenvalue weighted by Crippen LogP contribution is 2.25. The van der Waals surface area contributed by atoms with Crippen molar-refractivity contribution >= 4 is 5.91 Å². The number of carbonyl (C=O) groups is 1. The average Bonchev–Trinajstić information content (AvgIpc) is 2.54. The summed E-state index contributed by atoms with van der Waals surface area (Å²) in [4.78, 5) is 13.4. The lowest BCUT2D eigenvalue weighted by molar-refractivity contribution is -0.184. The molecule has 0 aromatic carbocycles. The number of halogens is 3. The Labute approximate surface area is 133 Å². The summed E-state index contributed by atoms with van der Waals surface area (Å²) < 4.78 is 45.0. The highest BCUT2D eigenvalue weighted by Gasteiger charge is 2.44. The lowest BCUT2D eigenvalue weighted by Crippen LogP contribution is -2.59. The van der Waals surface area contributed by atoms with Crippen molar-refractivity contribution in [2.24, 2.45) is 11.7 Å². The van der Waals surface area contributed by atoms with E-state index in [-0.39, 0.29) is 5.92 Å². The van der Waals surface area contributed by atoms with E-state index in [1.807, 2.05) is 0 Å². The van der Waals surface area contributed by atoms with E-state index < -0.39 is 30.7 Å². The zero-order chi connectivity index (χ0) is 16.9. The van der Waals surface area contributed by atoms with Gasteiger partial charge in [-0.25, -0.2) is 0 Å². The van der Waals surface area contributed by atoms with E-state index in [0.29, 0.717) is 52.2 Å². The van der Waals surface area contributed by atoms with Crippen LogP contribution in [-0.2, 0) is 9.53 Å². The Morgan fingerprint density at radius 1 is 1.30 bits per heavy atom. The lowest BCUT2D eigenvalue weighted by atomic mass is 9.92. The maximum Gasteiger partial charge on any atom is 0.405 e. The van der Waals surface area contributed by atoms with Crippen LogP contribution in [0.3, 0.4) is 0 Å². The monoisotopic (exact) mass is 338 g/mol. The highest BCUT2D eigenvalue weighted by molar-refractivity contribution is 5.81. The maximum absolute atomic E-state index is 13.2. The fourth-order valence-electron chi connectivity index (χ4n) is 3.05. The molecule has 2 aliphatic heterocycles. The number of carbonyl (C=O) groups excluding carboxylic acids is 1. The van der Waals surface area contributed by atoms with Crippen molar-refractivity contribution in [1.29, 1.82) is 0 Å². The molecule has 4 N–H and O–H groups in total. The van der Waals surface area contributed by atoms with Gasteiger partial charge in [-0.1, -0.05) is 0 Å². The normalized spacial score (nSPS) is 24.2. The Kier molecular flexibility index (Phi) is 6.63. The molecule has 2 heterocycles. The van der Waals surface area contributed by atoms with Gasteiger partial charge in [-0.2, -0.15) is 13.2 Å². The molecule has 1 amide bonds. The molecular formula is C14H25F3N4O2. The molecule has 2 aliphatic rings. The summed E-state index contributed by atoms with van der Waals surface area (Å²) in [5, 5.41) is 5.42. The smallest absolute Gasteiger partial charge is 0.381 e. The zero-order valence-electron chi connectivity index (χ0n) is 13.1. The Hall–Kier alpha value is -0.900. The van der Waals surface area contributed by atoms with Gasteiger partial charge in [-0.05, 0) is 18.8 Å². The van der Waals surface area contributed by atoms with Gasteiger partial charge in [0, 0.05) is 45.9 Å². The lowest BCUT2D eigenvalue weighted by Gasteiger charge is -2.36. The second kappa shape index (κ2) is 8.27. The molecule has 0 bridgehead atoms. The van der Waals surface area contributed by atoms with Gasteiger partial charge < -0.3 is 21.1 Å². The summed E-state index contributed by atoms with van der Waals surface area (Å²) in [5.74, 6) is -0.548. The molecule has 2 saturated heterocycles. The summed E-state index contributed by atoms with van der Waals surface area (Å²) in [5.41, 5.74) is 5.89. The van der Waals surface area contributed by atoms with Gasteiger partial charge in [0.05, 0.1) is 6.04 Å². The van der Waals surface area contributed by atoms with Gasteiger partial charge >= 0.3 is 6.18 Å². The first-order valence-electron chi connectivity index (χ1n) is 8.02. The first-order chi connectivity index (χ1) is 10.9. The number of hydrogen-bond donors (Lipinski definition) is 3. The van der Waals surface area contributed by atoms with Crippen LogP contribution in [0.5, 0.6) is 0 Å². The fraction of sp³-hybridized carbons (Fsp3) is 0.929. The molecule has 6 nitrogen and oxygen atoms in total. The minimum absolute atomic E-state index is 0.0349. The largest absolute Gasteiger partial charge is 0.405 e. The highest BCUT2D eigenvalue weighted by atomic mass is 19.4. The Bertz CT molecular complexity index is 383. The van der Waals surface area contributed by atoms with Gasteiger partial charge in [0.25, 0.3) is 0 Å². The van der Waals surface area contributed by atoms with Crippen LogP contribution in [0.2, 0.25) is 0 Å². The summed E-state index contributed by atoms with van der Waals surface area (Å²) in [6, 6.07) is -2.45. The zero-order valence-corrected chi connectivity index (χ0v) is 13.1.